The number of carboxylic acids is 1. The number of carboxylic acid groups (broad SMARTS) is 1. The molecule has 0 unspecified atom stereocenters. The lowest BCUT2D eigenvalue weighted by Crippen LogP contribution is -2.10. The van der Waals surface area contributed by atoms with E-state index in [1.807, 2.05) is 6.07 Å². The zero-order valence-electron chi connectivity index (χ0n) is 11.7. The fraction of sp³-hybridized carbons (Fsp3) is 0.214. The molecule has 7 heteroatoms. The van der Waals surface area contributed by atoms with Crippen molar-refractivity contribution in [1.29, 1.82) is 0 Å². The summed E-state index contributed by atoms with van der Waals surface area (Å²) in [5.74, 6) is 0.402. The molecule has 2 N–H and O–H groups in total. The van der Waals surface area contributed by atoms with Crippen molar-refractivity contribution in [2.24, 2.45) is 0 Å². The lowest BCUT2D eigenvalue weighted by atomic mass is 10.2. The largest absolute Gasteiger partial charge is 0.497 e. The molecular formula is C14H15N3O4. The van der Waals surface area contributed by atoms with Gasteiger partial charge in [-0.3, -0.25) is 0 Å². The summed E-state index contributed by atoms with van der Waals surface area (Å²) in [6.07, 6.45) is 2.77. The van der Waals surface area contributed by atoms with Gasteiger partial charge in [0.2, 0.25) is 0 Å². The van der Waals surface area contributed by atoms with Crippen LogP contribution in [-0.4, -0.2) is 35.3 Å². The van der Waals surface area contributed by atoms with E-state index >= 15 is 0 Å². The summed E-state index contributed by atoms with van der Waals surface area (Å²) in [5, 5.41) is 12.0. The summed E-state index contributed by atoms with van der Waals surface area (Å²) in [5.41, 5.74) is 0.727. The second kappa shape index (κ2) is 6.56. The number of ether oxygens (including phenoxy) is 2. The molecular weight excluding hydrogens is 274 g/mol. The highest BCUT2D eigenvalue weighted by molar-refractivity contribution is 5.90. The molecule has 0 aliphatic heterocycles. The lowest BCUT2D eigenvalue weighted by molar-refractivity contribution is 0.0691. The van der Waals surface area contributed by atoms with Crippen molar-refractivity contribution in [3.63, 3.8) is 0 Å². The van der Waals surface area contributed by atoms with Gasteiger partial charge >= 0.3 is 5.97 Å². The first-order valence-electron chi connectivity index (χ1n) is 6.14. The molecule has 0 aliphatic rings. The highest BCUT2D eigenvalue weighted by Gasteiger charge is 2.13. The smallest absolute Gasteiger partial charge is 0.358 e. The van der Waals surface area contributed by atoms with E-state index in [0.717, 1.165) is 5.56 Å². The van der Waals surface area contributed by atoms with Crippen LogP contribution in [0.2, 0.25) is 0 Å². The first kappa shape index (κ1) is 14.6. The third-order valence-corrected chi connectivity index (χ3v) is 2.84. The Balaban J connectivity index is 2.19. The van der Waals surface area contributed by atoms with E-state index in [0.29, 0.717) is 18.0 Å². The number of benzene rings is 1. The molecule has 2 rings (SSSR count). The molecule has 0 spiro atoms. The summed E-state index contributed by atoms with van der Waals surface area (Å²) in [4.78, 5) is 18.8. The van der Waals surface area contributed by atoms with Crippen LogP contribution >= 0.6 is 0 Å². The van der Waals surface area contributed by atoms with Crippen molar-refractivity contribution in [3.05, 3.63) is 41.9 Å². The van der Waals surface area contributed by atoms with Crippen LogP contribution in [0, 0.1) is 0 Å². The van der Waals surface area contributed by atoms with Gasteiger partial charge in [0.25, 0.3) is 0 Å². The Bertz CT molecular complexity index is 646. The second-order valence-corrected chi connectivity index (χ2v) is 4.09. The molecule has 0 fully saturated rings. The zero-order chi connectivity index (χ0) is 15.2. The predicted octanol–water partition coefficient (Wildman–Crippen LogP) is 1.80. The van der Waals surface area contributed by atoms with Crippen molar-refractivity contribution in [1.82, 2.24) is 9.97 Å². The number of rotatable bonds is 6. The molecule has 0 bridgehead atoms. The van der Waals surface area contributed by atoms with Gasteiger partial charge in [0.15, 0.2) is 11.5 Å². The normalized spacial score (nSPS) is 10.0. The molecule has 7 nitrogen and oxygen atoms in total. The van der Waals surface area contributed by atoms with Gasteiger partial charge < -0.3 is 19.9 Å². The van der Waals surface area contributed by atoms with Crippen LogP contribution in [0.3, 0.4) is 0 Å². The summed E-state index contributed by atoms with van der Waals surface area (Å²) >= 11 is 0. The Morgan fingerprint density at radius 2 is 2.00 bits per heavy atom. The molecule has 1 heterocycles. The molecule has 0 atom stereocenters. The van der Waals surface area contributed by atoms with E-state index in [-0.39, 0.29) is 11.5 Å². The maximum absolute atomic E-state index is 11.1. The molecule has 0 amide bonds. The molecule has 0 saturated heterocycles. The Morgan fingerprint density at radius 3 is 2.67 bits per heavy atom. The summed E-state index contributed by atoms with van der Waals surface area (Å²) in [7, 11) is 3.13. The minimum atomic E-state index is -1.13. The number of carbonyl (C=O) groups is 1. The second-order valence-electron chi connectivity index (χ2n) is 4.09. The van der Waals surface area contributed by atoms with Crippen molar-refractivity contribution in [3.8, 4) is 11.5 Å². The summed E-state index contributed by atoms with van der Waals surface area (Å²) in [6, 6.07) is 5.39. The fourth-order valence-corrected chi connectivity index (χ4v) is 1.80. The van der Waals surface area contributed by atoms with Crippen LogP contribution in [0.15, 0.2) is 30.6 Å². The molecule has 0 radical (unpaired) electrons. The quantitative estimate of drug-likeness (QED) is 0.837. The van der Waals surface area contributed by atoms with Crippen LogP contribution in [0.5, 0.6) is 11.5 Å². The molecule has 110 valence electrons. The Morgan fingerprint density at radius 1 is 1.24 bits per heavy atom. The van der Waals surface area contributed by atoms with E-state index in [1.165, 1.54) is 12.4 Å². The highest BCUT2D eigenvalue weighted by Crippen LogP contribution is 2.25. The SMILES string of the molecule is COc1ccc(CNc2nccnc2C(=O)O)c(OC)c1. The van der Waals surface area contributed by atoms with Gasteiger partial charge in [0.05, 0.1) is 14.2 Å². The number of methoxy groups -OCH3 is 2. The van der Waals surface area contributed by atoms with Crippen LogP contribution in [0.25, 0.3) is 0 Å². The van der Waals surface area contributed by atoms with Crippen molar-refractivity contribution >= 4 is 11.8 Å². The van der Waals surface area contributed by atoms with Crippen molar-refractivity contribution in [2.45, 2.75) is 6.54 Å². The van der Waals surface area contributed by atoms with Gasteiger partial charge in [0, 0.05) is 30.6 Å². The maximum atomic E-state index is 11.1. The van der Waals surface area contributed by atoms with Crippen LogP contribution in [0.1, 0.15) is 16.1 Å². The van der Waals surface area contributed by atoms with E-state index in [1.54, 1.807) is 26.4 Å². The average Bonchev–Trinajstić information content (AvgIpc) is 2.52. The van der Waals surface area contributed by atoms with Crippen molar-refractivity contribution < 1.29 is 19.4 Å². The number of hydrogen-bond donors (Lipinski definition) is 2. The predicted molar refractivity (Wildman–Crippen MR) is 75.9 cm³/mol. The number of nitrogens with one attached hydrogen (secondary N) is 1. The Kier molecular flexibility index (Phi) is 4.55. The van der Waals surface area contributed by atoms with Crippen LogP contribution < -0.4 is 14.8 Å². The molecule has 2 aromatic rings. The third-order valence-electron chi connectivity index (χ3n) is 2.84. The molecule has 0 saturated carbocycles. The van der Waals surface area contributed by atoms with Gasteiger partial charge in [-0.1, -0.05) is 0 Å². The number of anilines is 1. The van der Waals surface area contributed by atoms with Gasteiger partial charge in [-0.05, 0) is 12.1 Å². The molecule has 21 heavy (non-hydrogen) atoms. The minimum absolute atomic E-state index is 0.120. The van der Waals surface area contributed by atoms with Gasteiger partial charge in [-0.25, -0.2) is 14.8 Å². The highest BCUT2D eigenvalue weighted by atomic mass is 16.5. The topological polar surface area (TPSA) is 93.6 Å². The summed E-state index contributed by atoms with van der Waals surface area (Å²) in [6.45, 7) is 0.353. The molecule has 1 aromatic carbocycles. The van der Waals surface area contributed by atoms with E-state index in [9.17, 15) is 4.79 Å². The Labute approximate surface area is 121 Å². The van der Waals surface area contributed by atoms with E-state index in [2.05, 4.69) is 15.3 Å². The monoisotopic (exact) mass is 289 g/mol. The third kappa shape index (κ3) is 3.38. The Hall–Kier alpha value is -2.83. The first-order chi connectivity index (χ1) is 10.2. The standard InChI is InChI=1S/C14H15N3O4/c1-20-10-4-3-9(11(7-10)21-2)8-17-13-12(14(18)19)15-5-6-16-13/h3-7H,8H2,1-2H3,(H,16,17)(H,18,19). The maximum Gasteiger partial charge on any atom is 0.358 e. The van der Waals surface area contributed by atoms with Crippen LogP contribution in [-0.2, 0) is 6.54 Å². The first-order valence-corrected chi connectivity index (χ1v) is 6.14. The van der Waals surface area contributed by atoms with Gasteiger partial charge in [0.1, 0.15) is 11.5 Å². The van der Waals surface area contributed by atoms with E-state index in [4.69, 9.17) is 14.6 Å². The lowest BCUT2D eigenvalue weighted by Gasteiger charge is -2.12. The molecule has 1 aromatic heterocycles. The summed E-state index contributed by atoms with van der Waals surface area (Å²) < 4.78 is 10.4. The molecule has 0 aliphatic carbocycles. The minimum Gasteiger partial charge on any atom is -0.497 e. The van der Waals surface area contributed by atoms with Gasteiger partial charge in [-0.15, -0.1) is 0 Å². The zero-order valence-corrected chi connectivity index (χ0v) is 11.7. The number of aromatic carboxylic acids is 1. The number of aromatic nitrogens is 2. The van der Waals surface area contributed by atoms with Crippen LogP contribution in [0.4, 0.5) is 5.82 Å². The fourth-order valence-electron chi connectivity index (χ4n) is 1.80. The van der Waals surface area contributed by atoms with E-state index < -0.39 is 5.97 Å². The average molecular weight is 289 g/mol. The van der Waals surface area contributed by atoms with Crippen molar-refractivity contribution in [2.75, 3.05) is 19.5 Å². The van der Waals surface area contributed by atoms with Gasteiger partial charge in [-0.2, -0.15) is 0 Å². The number of hydrogen-bond acceptors (Lipinski definition) is 6. The number of nitrogens with zero attached hydrogens (tertiary/aromatic N) is 2.